The summed E-state index contributed by atoms with van der Waals surface area (Å²) in [6, 6.07) is 8.12. The lowest BCUT2D eigenvalue weighted by Gasteiger charge is -2.20. The molecule has 0 fully saturated rings. The normalized spacial score (nSPS) is 10.4. The highest BCUT2D eigenvalue weighted by Gasteiger charge is 2.08. The van der Waals surface area contributed by atoms with Crippen molar-refractivity contribution in [2.75, 3.05) is 11.9 Å². The minimum absolute atomic E-state index is 0.766. The molecule has 0 N–H and O–H groups in total. The van der Waals surface area contributed by atoms with Crippen molar-refractivity contribution in [2.24, 2.45) is 0 Å². The summed E-state index contributed by atoms with van der Waals surface area (Å²) in [4.78, 5) is 11.0. The average molecular weight is 306 g/mol. The molecule has 0 saturated heterocycles. The molecule has 0 aliphatic carbocycles. The molecule has 0 aromatic carbocycles. The molecule has 0 radical (unpaired) electrons. The van der Waals surface area contributed by atoms with Crippen LogP contribution in [-0.2, 0) is 11.9 Å². The van der Waals surface area contributed by atoms with Gasteiger partial charge in [-0.1, -0.05) is 28.1 Å². The number of aryl methyl sites for hydroxylation is 1. The molecule has 94 valence electrons. The van der Waals surface area contributed by atoms with Crippen LogP contribution in [0.3, 0.4) is 0 Å². The molecule has 0 aliphatic rings. The van der Waals surface area contributed by atoms with Gasteiger partial charge in [-0.05, 0) is 30.2 Å². The van der Waals surface area contributed by atoms with Gasteiger partial charge in [0, 0.05) is 24.8 Å². The predicted octanol–water partition coefficient (Wildman–Crippen LogP) is 3.32. The zero-order valence-corrected chi connectivity index (χ0v) is 12.2. The molecular weight excluding hydrogens is 290 g/mol. The van der Waals surface area contributed by atoms with Crippen LogP contribution in [0.25, 0.3) is 0 Å². The van der Waals surface area contributed by atoms with E-state index in [4.69, 9.17) is 0 Å². The Balaban J connectivity index is 2.16. The van der Waals surface area contributed by atoms with Crippen molar-refractivity contribution in [1.29, 1.82) is 0 Å². The van der Waals surface area contributed by atoms with Crippen molar-refractivity contribution < 1.29 is 0 Å². The lowest BCUT2D eigenvalue weighted by molar-refractivity contribution is 0.859. The highest BCUT2D eigenvalue weighted by Crippen LogP contribution is 2.19. The van der Waals surface area contributed by atoms with Gasteiger partial charge in [-0.25, -0.2) is 4.98 Å². The van der Waals surface area contributed by atoms with Gasteiger partial charge in [-0.15, -0.1) is 0 Å². The van der Waals surface area contributed by atoms with Crippen LogP contribution in [-0.4, -0.2) is 17.0 Å². The Kier molecular flexibility index (Phi) is 4.31. The number of aromatic nitrogens is 2. The smallest absolute Gasteiger partial charge is 0.131 e. The summed E-state index contributed by atoms with van der Waals surface area (Å²) in [6.45, 7) is 2.85. The molecule has 2 rings (SSSR count). The summed E-state index contributed by atoms with van der Waals surface area (Å²) in [6.07, 6.45) is 3.73. The van der Waals surface area contributed by atoms with Crippen molar-refractivity contribution in [1.82, 2.24) is 9.97 Å². The number of pyridine rings is 2. The maximum Gasteiger partial charge on any atom is 0.131 e. The summed E-state index contributed by atoms with van der Waals surface area (Å²) >= 11 is 3.44. The quantitative estimate of drug-likeness (QED) is 0.812. The van der Waals surface area contributed by atoms with Crippen LogP contribution in [0.5, 0.6) is 0 Å². The van der Waals surface area contributed by atoms with Crippen LogP contribution in [0, 0.1) is 6.92 Å². The van der Waals surface area contributed by atoms with Crippen LogP contribution in [0.15, 0.2) is 36.7 Å². The van der Waals surface area contributed by atoms with E-state index in [-0.39, 0.29) is 0 Å². The van der Waals surface area contributed by atoms with Gasteiger partial charge >= 0.3 is 0 Å². The summed E-state index contributed by atoms with van der Waals surface area (Å²) in [5, 5.41) is 0.838. The molecule has 0 aliphatic heterocycles. The fourth-order valence-corrected chi connectivity index (χ4v) is 2.21. The number of hydrogen-bond donors (Lipinski definition) is 0. The fourth-order valence-electron chi connectivity index (χ4n) is 1.91. The van der Waals surface area contributed by atoms with E-state index in [1.165, 1.54) is 11.1 Å². The second kappa shape index (κ2) is 5.96. The Morgan fingerprint density at radius 1 is 1.28 bits per heavy atom. The number of hydrogen-bond acceptors (Lipinski definition) is 3. The van der Waals surface area contributed by atoms with Crippen molar-refractivity contribution in [2.45, 2.75) is 18.8 Å². The van der Waals surface area contributed by atoms with Gasteiger partial charge in [-0.2, -0.15) is 0 Å². The first-order valence-corrected chi connectivity index (χ1v) is 6.95. The molecule has 3 nitrogen and oxygen atoms in total. The SMILES string of the molecule is Cc1cc(CBr)cnc1N(C)Cc1ccccn1. The van der Waals surface area contributed by atoms with Crippen molar-refractivity contribution >= 4 is 21.7 Å². The molecule has 0 bridgehead atoms. The molecular formula is C14H16BrN3. The molecule has 4 heteroatoms. The number of nitrogens with zero attached hydrogens (tertiary/aromatic N) is 3. The Bertz CT molecular complexity index is 514. The monoisotopic (exact) mass is 305 g/mol. The molecule has 0 amide bonds. The summed E-state index contributed by atoms with van der Waals surface area (Å²) in [5.41, 5.74) is 3.43. The van der Waals surface area contributed by atoms with Gasteiger partial charge in [0.1, 0.15) is 5.82 Å². The Labute approximate surface area is 116 Å². The van der Waals surface area contributed by atoms with Crippen LogP contribution < -0.4 is 4.90 Å². The molecule has 0 saturated carbocycles. The molecule has 2 aromatic rings. The van der Waals surface area contributed by atoms with E-state index in [9.17, 15) is 0 Å². The molecule has 0 atom stereocenters. The van der Waals surface area contributed by atoms with E-state index in [0.29, 0.717) is 0 Å². The van der Waals surface area contributed by atoms with Gasteiger partial charge in [0.25, 0.3) is 0 Å². The number of alkyl halides is 1. The van der Waals surface area contributed by atoms with Gasteiger partial charge in [0.2, 0.25) is 0 Å². The van der Waals surface area contributed by atoms with Crippen molar-refractivity contribution in [3.63, 3.8) is 0 Å². The lowest BCUT2D eigenvalue weighted by atomic mass is 10.2. The molecule has 2 heterocycles. The van der Waals surface area contributed by atoms with Crippen LogP contribution >= 0.6 is 15.9 Å². The molecule has 2 aromatic heterocycles. The minimum Gasteiger partial charge on any atom is -0.354 e. The standard InChI is InChI=1S/C14H16BrN3/c1-11-7-12(8-15)9-17-14(11)18(2)10-13-5-3-4-6-16-13/h3-7,9H,8,10H2,1-2H3. The average Bonchev–Trinajstić information content (AvgIpc) is 2.39. The summed E-state index contributed by atoms with van der Waals surface area (Å²) in [5.74, 6) is 1.00. The van der Waals surface area contributed by atoms with Crippen LogP contribution in [0.4, 0.5) is 5.82 Å². The maximum absolute atomic E-state index is 4.51. The first-order valence-electron chi connectivity index (χ1n) is 5.83. The Morgan fingerprint density at radius 3 is 2.72 bits per heavy atom. The van der Waals surface area contributed by atoms with Crippen molar-refractivity contribution in [3.05, 3.63) is 53.5 Å². The largest absolute Gasteiger partial charge is 0.354 e. The predicted molar refractivity (Wildman–Crippen MR) is 77.9 cm³/mol. The maximum atomic E-state index is 4.51. The molecule has 0 spiro atoms. The first kappa shape index (κ1) is 13.0. The van der Waals surface area contributed by atoms with Gasteiger partial charge < -0.3 is 4.90 Å². The topological polar surface area (TPSA) is 29.0 Å². The van der Waals surface area contributed by atoms with Crippen LogP contribution in [0.2, 0.25) is 0 Å². The van der Waals surface area contributed by atoms with E-state index in [0.717, 1.165) is 23.4 Å². The Morgan fingerprint density at radius 2 is 2.11 bits per heavy atom. The lowest BCUT2D eigenvalue weighted by Crippen LogP contribution is -2.19. The zero-order valence-electron chi connectivity index (χ0n) is 10.6. The first-order chi connectivity index (χ1) is 8.70. The third kappa shape index (κ3) is 3.07. The third-order valence-corrected chi connectivity index (χ3v) is 3.40. The second-order valence-electron chi connectivity index (χ2n) is 4.29. The summed E-state index contributed by atoms with van der Waals surface area (Å²) < 4.78 is 0. The van der Waals surface area contributed by atoms with Crippen molar-refractivity contribution in [3.8, 4) is 0 Å². The third-order valence-electron chi connectivity index (χ3n) is 2.75. The number of rotatable bonds is 4. The molecule has 18 heavy (non-hydrogen) atoms. The fraction of sp³-hybridized carbons (Fsp3) is 0.286. The Hall–Kier alpha value is -1.42. The molecule has 0 unspecified atom stereocenters. The number of anilines is 1. The zero-order chi connectivity index (χ0) is 13.0. The van der Waals surface area contributed by atoms with E-state index in [1.807, 2.05) is 37.6 Å². The van der Waals surface area contributed by atoms with E-state index in [2.05, 4.69) is 43.8 Å². The van der Waals surface area contributed by atoms with Gasteiger partial charge in [0.15, 0.2) is 0 Å². The number of halogens is 1. The second-order valence-corrected chi connectivity index (χ2v) is 4.86. The van der Waals surface area contributed by atoms with Gasteiger partial charge in [0.05, 0.1) is 12.2 Å². The highest BCUT2D eigenvalue weighted by molar-refractivity contribution is 9.08. The van der Waals surface area contributed by atoms with E-state index in [1.54, 1.807) is 0 Å². The van der Waals surface area contributed by atoms with Gasteiger partial charge in [-0.3, -0.25) is 4.98 Å². The van der Waals surface area contributed by atoms with E-state index < -0.39 is 0 Å². The van der Waals surface area contributed by atoms with Crippen LogP contribution in [0.1, 0.15) is 16.8 Å². The highest BCUT2D eigenvalue weighted by atomic mass is 79.9. The minimum atomic E-state index is 0.766. The summed E-state index contributed by atoms with van der Waals surface area (Å²) in [7, 11) is 2.04. The van der Waals surface area contributed by atoms with E-state index >= 15 is 0 Å².